The molecule has 0 radical (unpaired) electrons. The molecule has 5 N–H and O–H groups in total. The summed E-state index contributed by atoms with van der Waals surface area (Å²) < 4.78 is 0. The van der Waals surface area contributed by atoms with E-state index in [-0.39, 0.29) is 6.54 Å². The van der Waals surface area contributed by atoms with Gasteiger partial charge in [0.15, 0.2) is 0 Å². The van der Waals surface area contributed by atoms with Gasteiger partial charge in [-0.05, 0) is 6.04 Å². The van der Waals surface area contributed by atoms with Crippen LogP contribution >= 0.6 is 0 Å². The predicted octanol–water partition coefficient (Wildman–Crippen LogP) is -1.50. The Balaban J connectivity index is 0. The second kappa shape index (κ2) is 9.86. The summed E-state index contributed by atoms with van der Waals surface area (Å²) in [5.74, 6) is 3.74. The first-order chi connectivity index (χ1) is 5.54. The molecule has 0 rings (SSSR count). The Morgan fingerprint density at radius 2 is 2.08 bits per heavy atom. The van der Waals surface area contributed by atoms with Crippen molar-refractivity contribution in [1.29, 1.82) is 0 Å². The number of carbonyl (C=O) groups is 2. The number of rotatable bonds is 3. The minimum Gasteiger partial charge on any atom is -0.372 e. The lowest BCUT2D eigenvalue weighted by Gasteiger charge is -1.92. The van der Waals surface area contributed by atoms with Gasteiger partial charge >= 0.3 is 5.97 Å². The molecule has 0 saturated carbocycles. The summed E-state index contributed by atoms with van der Waals surface area (Å²) in [5.41, 5.74) is 5.11. The Kier molecular flexibility index (Phi) is 11.1. The standard InChI is InChI=1S/C3H6N2O3.C3H9N/c4-8-3(7)1-5-2-6;1-3(2)4/h2H,1,4H2,(H,5,6);3H,4H2,1-2H3. The first-order valence-electron chi connectivity index (χ1n) is 3.36. The smallest absolute Gasteiger partial charge is 0.343 e. The predicted molar refractivity (Wildman–Crippen MR) is 43.7 cm³/mol. The topological polar surface area (TPSA) is 107 Å². The second-order valence-corrected chi connectivity index (χ2v) is 2.23. The highest BCUT2D eigenvalue weighted by atomic mass is 16.7. The van der Waals surface area contributed by atoms with Crippen molar-refractivity contribution in [3.05, 3.63) is 0 Å². The van der Waals surface area contributed by atoms with Gasteiger partial charge in [-0.2, -0.15) is 5.90 Å². The third-order valence-electron chi connectivity index (χ3n) is 0.461. The zero-order chi connectivity index (χ0) is 9.98. The van der Waals surface area contributed by atoms with E-state index >= 15 is 0 Å². The van der Waals surface area contributed by atoms with Gasteiger partial charge in [-0.25, -0.2) is 4.79 Å². The molecule has 0 aromatic heterocycles. The van der Waals surface area contributed by atoms with Crippen LogP contribution in [0.25, 0.3) is 0 Å². The van der Waals surface area contributed by atoms with E-state index in [1.807, 2.05) is 13.8 Å². The fraction of sp³-hybridized carbons (Fsp3) is 0.667. The van der Waals surface area contributed by atoms with Crippen LogP contribution in [0.15, 0.2) is 0 Å². The monoisotopic (exact) mass is 177 g/mol. The van der Waals surface area contributed by atoms with E-state index in [4.69, 9.17) is 5.73 Å². The highest BCUT2D eigenvalue weighted by Crippen LogP contribution is 1.61. The molecule has 12 heavy (non-hydrogen) atoms. The van der Waals surface area contributed by atoms with Crippen LogP contribution in [0, 0.1) is 0 Å². The average molecular weight is 177 g/mol. The molecule has 1 amide bonds. The third-order valence-corrected chi connectivity index (χ3v) is 0.461. The van der Waals surface area contributed by atoms with E-state index in [1.54, 1.807) is 0 Å². The van der Waals surface area contributed by atoms with Crippen molar-refractivity contribution in [2.24, 2.45) is 11.6 Å². The minimum absolute atomic E-state index is 0.181. The van der Waals surface area contributed by atoms with Crippen molar-refractivity contribution in [1.82, 2.24) is 5.32 Å². The van der Waals surface area contributed by atoms with Crippen LogP contribution in [0.4, 0.5) is 0 Å². The van der Waals surface area contributed by atoms with Gasteiger partial charge in [-0.3, -0.25) is 4.79 Å². The molecule has 0 atom stereocenters. The summed E-state index contributed by atoms with van der Waals surface area (Å²) in [6.45, 7) is 3.71. The van der Waals surface area contributed by atoms with Gasteiger partial charge in [-0.15, -0.1) is 0 Å². The van der Waals surface area contributed by atoms with Crippen LogP contribution in [-0.2, 0) is 14.4 Å². The molecule has 0 aliphatic rings. The maximum atomic E-state index is 10.0. The van der Waals surface area contributed by atoms with Gasteiger partial charge in [0.05, 0.1) is 0 Å². The Morgan fingerprint density at radius 3 is 2.33 bits per heavy atom. The number of carbonyl (C=O) groups excluding carboxylic acids is 2. The second-order valence-electron chi connectivity index (χ2n) is 2.23. The fourth-order valence-electron chi connectivity index (χ4n) is 0.167. The van der Waals surface area contributed by atoms with Crippen molar-refractivity contribution in [2.45, 2.75) is 19.9 Å². The highest BCUT2D eigenvalue weighted by Gasteiger charge is 1.94. The lowest BCUT2D eigenvalue weighted by molar-refractivity contribution is -0.143. The maximum absolute atomic E-state index is 10.0. The fourth-order valence-corrected chi connectivity index (χ4v) is 0.167. The normalized spacial score (nSPS) is 8.08. The van der Waals surface area contributed by atoms with Crippen LogP contribution in [0.2, 0.25) is 0 Å². The van der Waals surface area contributed by atoms with E-state index in [9.17, 15) is 9.59 Å². The quantitative estimate of drug-likeness (QED) is 0.359. The molecule has 0 saturated heterocycles. The van der Waals surface area contributed by atoms with Crippen molar-refractivity contribution >= 4 is 12.4 Å². The summed E-state index contributed by atoms with van der Waals surface area (Å²) in [6.07, 6.45) is 0.386. The van der Waals surface area contributed by atoms with Gasteiger partial charge in [0.1, 0.15) is 6.54 Å². The van der Waals surface area contributed by atoms with Crippen molar-refractivity contribution in [3.8, 4) is 0 Å². The Hall–Kier alpha value is -1.14. The van der Waals surface area contributed by atoms with Gasteiger partial charge in [0.25, 0.3) is 0 Å². The molecule has 0 unspecified atom stereocenters. The molecule has 72 valence electrons. The molecule has 6 nitrogen and oxygen atoms in total. The lowest BCUT2D eigenvalue weighted by atomic mass is 10.5. The van der Waals surface area contributed by atoms with Crippen LogP contribution in [0.5, 0.6) is 0 Å². The number of hydrogen-bond donors (Lipinski definition) is 3. The van der Waals surface area contributed by atoms with E-state index in [2.05, 4.69) is 16.1 Å². The Bertz CT molecular complexity index is 124. The van der Waals surface area contributed by atoms with Crippen molar-refractivity contribution in [3.63, 3.8) is 0 Å². The molecular formula is C6H15N3O3. The Morgan fingerprint density at radius 1 is 1.67 bits per heavy atom. The molecule has 0 fully saturated rings. The largest absolute Gasteiger partial charge is 0.372 e. The minimum atomic E-state index is -0.669. The van der Waals surface area contributed by atoms with Gasteiger partial charge in [-0.1, -0.05) is 13.8 Å². The summed E-state index contributed by atoms with van der Waals surface area (Å²) >= 11 is 0. The third kappa shape index (κ3) is 23.2. The number of amides is 1. The van der Waals surface area contributed by atoms with Gasteiger partial charge in [0, 0.05) is 0 Å². The van der Waals surface area contributed by atoms with Crippen LogP contribution in [0.3, 0.4) is 0 Å². The number of nitrogens with two attached hydrogens (primary N) is 2. The van der Waals surface area contributed by atoms with E-state index in [0.717, 1.165) is 0 Å². The first kappa shape index (κ1) is 13.4. The molecule has 0 aromatic rings. The summed E-state index contributed by atoms with van der Waals surface area (Å²) in [6, 6.07) is 0.333. The van der Waals surface area contributed by atoms with E-state index in [1.165, 1.54) is 0 Å². The number of hydrogen-bond acceptors (Lipinski definition) is 5. The highest BCUT2D eigenvalue weighted by molar-refractivity contribution is 5.73. The molecule has 6 heteroatoms. The lowest BCUT2D eigenvalue weighted by Crippen LogP contribution is -2.25. The van der Waals surface area contributed by atoms with Crippen LogP contribution < -0.4 is 16.9 Å². The summed E-state index contributed by atoms with van der Waals surface area (Å²) in [5, 5.41) is 2.06. The molecule has 0 spiro atoms. The van der Waals surface area contributed by atoms with Crippen LogP contribution in [-0.4, -0.2) is 25.0 Å². The molecule has 0 aromatic carbocycles. The molecule has 0 aliphatic heterocycles. The van der Waals surface area contributed by atoms with E-state index in [0.29, 0.717) is 12.5 Å². The zero-order valence-corrected chi connectivity index (χ0v) is 7.24. The Labute approximate surface area is 71.2 Å². The van der Waals surface area contributed by atoms with Gasteiger partial charge in [0.2, 0.25) is 6.41 Å². The van der Waals surface area contributed by atoms with Gasteiger partial charge < -0.3 is 15.9 Å². The van der Waals surface area contributed by atoms with Crippen molar-refractivity contribution < 1.29 is 14.4 Å². The summed E-state index contributed by atoms with van der Waals surface area (Å²) in [7, 11) is 0. The SMILES string of the molecule is CC(C)N.NOC(=O)CNC=O. The first-order valence-corrected chi connectivity index (χ1v) is 3.36. The number of nitrogens with one attached hydrogen (secondary N) is 1. The molecule has 0 aliphatic carbocycles. The molecular weight excluding hydrogens is 162 g/mol. The summed E-state index contributed by atoms with van der Waals surface area (Å²) in [4.78, 5) is 23.2. The molecule has 0 bridgehead atoms. The molecule has 0 heterocycles. The van der Waals surface area contributed by atoms with Crippen molar-refractivity contribution in [2.75, 3.05) is 6.54 Å². The van der Waals surface area contributed by atoms with E-state index < -0.39 is 5.97 Å². The maximum Gasteiger partial charge on any atom is 0.343 e. The zero-order valence-electron chi connectivity index (χ0n) is 7.24. The average Bonchev–Trinajstić information content (AvgIpc) is 1.99. The van der Waals surface area contributed by atoms with Crippen LogP contribution in [0.1, 0.15) is 13.8 Å².